The van der Waals surface area contributed by atoms with Crippen molar-refractivity contribution in [1.29, 1.82) is 0 Å². The molecule has 4 fully saturated rings. The summed E-state index contributed by atoms with van der Waals surface area (Å²) in [5.41, 5.74) is 0.149. The number of amides is 3. The van der Waals surface area contributed by atoms with Gasteiger partial charge in [-0.1, -0.05) is 11.6 Å². The average Bonchev–Trinajstić information content (AvgIpc) is 2.58. The van der Waals surface area contributed by atoms with Crippen molar-refractivity contribution in [2.45, 2.75) is 51.0 Å². The molecule has 0 aromatic heterocycles. The molecule has 0 heterocycles. The van der Waals surface area contributed by atoms with E-state index in [0.29, 0.717) is 28.3 Å². The van der Waals surface area contributed by atoms with Crippen molar-refractivity contribution < 1.29 is 19.1 Å². The molecule has 4 saturated carbocycles. The fourth-order valence-electron chi connectivity index (χ4n) is 5.75. The van der Waals surface area contributed by atoms with Gasteiger partial charge in [-0.05, 0) is 81.4 Å². The van der Waals surface area contributed by atoms with Crippen LogP contribution < -0.4 is 15.4 Å². The lowest BCUT2D eigenvalue weighted by Gasteiger charge is -2.56. The van der Waals surface area contributed by atoms with Gasteiger partial charge < -0.3 is 10.1 Å². The molecule has 0 atom stereocenters. The summed E-state index contributed by atoms with van der Waals surface area (Å²) in [6.45, 7) is 1.05. The second-order valence-corrected chi connectivity index (χ2v) is 9.12. The fourth-order valence-corrected chi connectivity index (χ4v) is 5.92. The highest BCUT2D eigenvalue weighted by Crippen LogP contribution is 2.55. The van der Waals surface area contributed by atoms with Crippen LogP contribution in [0.25, 0.3) is 0 Å². The number of nitrogens with one attached hydrogen (secondary N) is 2. The number of ether oxygens (including phenoxy) is 1. The van der Waals surface area contributed by atoms with E-state index >= 15 is 0 Å². The van der Waals surface area contributed by atoms with Crippen molar-refractivity contribution in [3.63, 3.8) is 0 Å². The second kappa shape index (κ2) is 7.39. The number of hydrogen-bond acceptors (Lipinski definition) is 4. The number of benzene rings is 1. The van der Waals surface area contributed by atoms with Crippen LogP contribution in [-0.4, -0.2) is 29.9 Å². The zero-order chi connectivity index (χ0) is 19.9. The van der Waals surface area contributed by atoms with Gasteiger partial charge >= 0.3 is 6.03 Å². The minimum Gasteiger partial charge on any atom is -0.483 e. The Balaban J connectivity index is 1.31. The Hall–Kier alpha value is -2.08. The molecule has 4 aliphatic carbocycles. The molecule has 0 aliphatic heterocycles. The number of hydrogen-bond donors (Lipinski definition) is 2. The van der Waals surface area contributed by atoms with Gasteiger partial charge in [0.2, 0.25) is 0 Å². The predicted molar refractivity (Wildman–Crippen MR) is 105 cm³/mol. The van der Waals surface area contributed by atoms with E-state index in [0.717, 1.165) is 19.3 Å². The summed E-state index contributed by atoms with van der Waals surface area (Å²) >= 11 is 5.90. The molecule has 0 radical (unpaired) electrons. The highest BCUT2D eigenvalue weighted by Gasteiger charge is 2.51. The molecule has 0 spiro atoms. The number of imide groups is 1. The van der Waals surface area contributed by atoms with E-state index in [4.69, 9.17) is 16.3 Å². The van der Waals surface area contributed by atoms with E-state index in [1.54, 1.807) is 12.1 Å². The lowest BCUT2D eigenvalue weighted by atomic mass is 9.53. The maximum Gasteiger partial charge on any atom is 0.321 e. The summed E-state index contributed by atoms with van der Waals surface area (Å²) in [6, 6.07) is 4.16. The molecule has 0 saturated heterocycles. The molecule has 6 nitrogen and oxygen atoms in total. The number of ketones is 1. The number of carbonyl (C=O) groups is 3. The maximum atomic E-state index is 12.4. The van der Waals surface area contributed by atoms with Crippen molar-refractivity contribution in [3.05, 3.63) is 28.8 Å². The molecule has 1 aromatic carbocycles. The molecule has 5 rings (SSSR count). The van der Waals surface area contributed by atoms with E-state index in [9.17, 15) is 14.4 Å². The summed E-state index contributed by atoms with van der Waals surface area (Å²) in [5.74, 6) is 1.64. The molecule has 0 unspecified atom stereocenters. The van der Waals surface area contributed by atoms with E-state index in [1.165, 1.54) is 32.3 Å². The highest BCUT2D eigenvalue weighted by atomic mass is 35.5. The summed E-state index contributed by atoms with van der Waals surface area (Å²) in [5, 5.41) is 5.87. The monoisotopic (exact) mass is 404 g/mol. The summed E-state index contributed by atoms with van der Waals surface area (Å²) in [6.07, 6.45) is 6.91. The van der Waals surface area contributed by atoms with Gasteiger partial charge in [0, 0.05) is 10.6 Å². The van der Waals surface area contributed by atoms with Crippen LogP contribution in [0.2, 0.25) is 5.02 Å². The largest absolute Gasteiger partial charge is 0.483 e. The Morgan fingerprint density at radius 3 is 2.29 bits per heavy atom. The van der Waals surface area contributed by atoms with Crippen molar-refractivity contribution >= 4 is 29.3 Å². The zero-order valence-corrected chi connectivity index (χ0v) is 16.7. The van der Waals surface area contributed by atoms with E-state index in [1.807, 2.05) is 0 Å². The molecule has 1 aromatic rings. The number of rotatable bonds is 5. The first-order chi connectivity index (χ1) is 13.3. The third kappa shape index (κ3) is 4.02. The van der Waals surface area contributed by atoms with Crippen LogP contribution in [0, 0.1) is 17.8 Å². The standard InChI is InChI=1S/C21H25ClN2O4/c1-12(25)17-7-16(22)2-3-18(17)28-11-19(26)23-20(27)24-21-8-13-4-14(9-21)6-15(5-13)10-21/h2-3,7,13-15H,4-6,8-11H2,1H3,(H2,23,24,26,27). The normalized spacial score (nSPS) is 30.0. The number of carbonyl (C=O) groups excluding carboxylic acids is 3. The Bertz CT molecular complexity index is 787. The van der Waals surface area contributed by atoms with Crippen molar-refractivity contribution in [1.82, 2.24) is 10.6 Å². The van der Waals surface area contributed by atoms with Gasteiger partial charge in [-0.2, -0.15) is 0 Å². The van der Waals surface area contributed by atoms with E-state index in [2.05, 4.69) is 10.6 Å². The summed E-state index contributed by atoms with van der Waals surface area (Å²) in [4.78, 5) is 36.2. The Morgan fingerprint density at radius 1 is 1.11 bits per heavy atom. The van der Waals surface area contributed by atoms with Gasteiger partial charge in [0.1, 0.15) is 5.75 Å². The maximum absolute atomic E-state index is 12.4. The van der Waals surface area contributed by atoms with Crippen LogP contribution in [0.15, 0.2) is 18.2 Å². The molecule has 150 valence electrons. The van der Waals surface area contributed by atoms with Crippen molar-refractivity contribution in [2.24, 2.45) is 17.8 Å². The molecule has 7 heteroatoms. The smallest absolute Gasteiger partial charge is 0.321 e. The number of urea groups is 1. The van der Waals surface area contributed by atoms with Crippen LogP contribution in [0.5, 0.6) is 5.75 Å². The van der Waals surface area contributed by atoms with Crippen molar-refractivity contribution in [3.8, 4) is 5.75 Å². The van der Waals surface area contributed by atoms with E-state index in [-0.39, 0.29) is 23.7 Å². The molecule has 28 heavy (non-hydrogen) atoms. The zero-order valence-electron chi connectivity index (χ0n) is 15.9. The Morgan fingerprint density at radius 2 is 1.71 bits per heavy atom. The van der Waals surface area contributed by atoms with Crippen LogP contribution in [0.1, 0.15) is 55.8 Å². The first kappa shape index (κ1) is 19.2. The predicted octanol–water partition coefficient (Wildman–Crippen LogP) is 3.72. The molecule has 3 amide bonds. The van der Waals surface area contributed by atoms with Gasteiger partial charge in [-0.25, -0.2) is 4.79 Å². The Labute approximate surface area is 169 Å². The van der Waals surface area contributed by atoms with Gasteiger partial charge in [0.15, 0.2) is 12.4 Å². The second-order valence-electron chi connectivity index (χ2n) is 8.69. The minimum absolute atomic E-state index is 0.155. The lowest BCUT2D eigenvalue weighted by molar-refractivity contribution is -0.122. The number of halogens is 1. The third-order valence-electron chi connectivity index (χ3n) is 6.35. The topological polar surface area (TPSA) is 84.5 Å². The van der Waals surface area contributed by atoms with Crippen LogP contribution in [0.4, 0.5) is 4.79 Å². The highest BCUT2D eigenvalue weighted by molar-refractivity contribution is 6.31. The molecular formula is C21H25ClN2O4. The van der Waals surface area contributed by atoms with Crippen LogP contribution in [-0.2, 0) is 4.79 Å². The first-order valence-corrected chi connectivity index (χ1v) is 10.2. The van der Waals surface area contributed by atoms with Gasteiger partial charge in [0.05, 0.1) is 5.56 Å². The summed E-state index contributed by atoms with van der Waals surface area (Å²) in [7, 11) is 0. The lowest BCUT2D eigenvalue weighted by Crippen LogP contribution is -2.62. The fraction of sp³-hybridized carbons (Fsp3) is 0.571. The SMILES string of the molecule is CC(=O)c1cc(Cl)ccc1OCC(=O)NC(=O)NC12CC3CC(CC(C3)C1)C2. The molecular weight excluding hydrogens is 380 g/mol. The molecule has 2 N–H and O–H groups in total. The van der Waals surface area contributed by atoms with Crippen LogP contribution in [0.3, 0.4) is 0 Å². The Kier molecular flexibility index (Phi) is 5.08. The first-order valence-electron chi connectivity index (χ1n) is 9.87. The number of Topliss-reactive ketones (excluding diaryl/α,β-unsaturated/α-hetero) is 1. The van der Waals surface area contributed by atoms with Gasteiger partial charge in [-0.3, -0.25) is 14.9 Å². The molecule has 4 bridgehead atoms. The van der Waals surface area contributed by atoms with Gasteiger partial charge in [0.25, 0.3) is 5.91 Å². The minimum atomic E-state index is -0.549. The average molecular weight is 405 g/mol. The summed E-state index contributed by atoms with van der Waals surface area (Å²) < 4.78 is 5.44. The molecule has 4 aliphatic rings. The van der Waals surface area contributed by atoms with E-state index < -0.39 is 11.9 Å². The quantitative estimate of drug-likeness (QED) is 0.732. The van der Waals surface area contributed by atoms with Gasteiger partial charge in [-0.15, -0.1) is 0 Å². The third-order valence-corrected chi connectivity index (χ3v) is 6.58. The van der Waals surface area contributed by atoms with Crippen LogP contribution >= 0.6 is 11.6 Å². The van der Waals surface area contributed by atoms with Crippen molar-refractivity contribution in [2.75, 3.05) is 6.61 Å².